The molecule has 1 saturated heterocycles. The van der Waals surface area contributed by atoms with Gasteiger partial charge in [-0.05, 0) is 26.0 Å². The minimum Gasteiger partial charge on any atom is -0.345 e. The molecule has 2 aliphatic heterocycles. The van der Waals surface area contributed by atoms with Gasteiger partial charge in [0.1, 0.15) is 0 Å². The number of aryl methyl sites for hydroxylation is 1. The van der Waals surface area contributed by atoms with Crippen molar-refractivity contribution < 1.29 is 4.79 Å². The Morgan fingerprint density at radius 2 is 2.12 bits per heavy atom. The minimum absolute atomic E-state index is 0.208. The third-order valence-corrected chi connectivity index (χ3v) is 4.11. The predicted octanol–water partition coefficient (Wildman–Crippen LogP) is 0.919. The van der Waals surface area contributed by atoms with Gasteiger partial charge in [0.2, 0.25) is 5.91 Å². The van der Waals surface area contributed by atoms with Gasteiger partial charge in [0.25, 0.3) is 0 Å². The van der Waals surface area contributed by atoms with E-state index in [1.54, 1.807) is 0 Å². The first-order chi connectivity index (χ1) is 8.18. The van der Waals surface area contributed by atoms with Crippen LogP contribution in [-0.2, 0) is 11.3 Å². The van der Waals surface area contributed by atoms with Crippen LogP contribution in [0.1, 0.15) is 24.4 Å². The van der Waals surface area contributed by atoms with Crippen LogP contribution in [-0.4, -0.2) is 35.0 Å². The zero-order chi connectivity index (χ0) is 12.0. The summed E-state index contributed by atoms with van der Waals surface area (Å²) in [6.07, 6.45) is 0. The van der Waals surface area contributed by atoms with E-state index in [1.807, 2.05) is 4.90 Å². The molecule has 1 aromatic heterocycles. The molecule has 0 saturated carbocycles. The summed E-state index contributed by atoms with van der Waals surface area (Å²) in [7, 11) is 0. The van der Waals surface area contributed by atoms with E-state index in [9.17, 15) is 4.79 Å². The zero-order valence-electron chi connectivity index (χ0n) is 10.4. The number of amides is 1. The maximum absolute atomic E-state index is 12.3. The van der Waals surface area contributed by atoms with Crippen LogP contribution in [0.15, 0.2) is 12.1 Å². The number of aromatic nitrogens is 1. The van der Waals surface area contributed by atoms with E-state index in [2.05, 4.69) is 35.9 Å². The summed E-state index contributed by atoms with van der Waals surface area (Å²) in [5.74, 6) is 0.529. The number of hydrogen-bond donors (Lipinski definition) is 1. The largest absolute Gasteiger partial charge is 0.345 e. The van der Waals surface area contributed by atoms with E-state index in [4.69, 9.17) is 0 Å². The molecule has 1 aromatic rings. The quantitative estimate of drug-likeness (QED) is 0.783. The highest BCUT2D eigenvalue weighted by Crippen LogP contribution is 2.28. The summed E-state index contributed by atoms with van der Waals surface area (Å²) >= 11 is 0. The highest BCUT2D eigenvalue weighted by molar-refractivity contribution is 5.80. The second kappa shape index (κ2) is 3.88. The van der Waals surface area contributed by atoms with Gasteiger partial charge in [-0.25, -0.2) is 0 Å². The van der Waals surface area contributed by atoms with Crippen molar-refractivity contribution in [2.24, 2.45) is 5.92 Å². The van der Waals surface area contributed by atoms with Crippen molar-refractivity contribution >= 4 is 5.91 Å². The van der Waals surface area contributed by atoms with Crippen molar-refractivity contribution in [3.63, 3.8) is 0 Å². The van der Waals surface area contributed by atoms with Gasteiger partial charge < -0.3 is 14.8 Å². The zero-order valence-corrected chi connectivity index (χ0v) is 10.4. The van der Waals surface area contributed by atoms with Crippen molar-refractivity contribution in [1.29, 1.82) is 0 Å². The molecule has 3 heterocycles. The maximum atomic E-state index is 12.3. The molecule has 4 nitrogen and oxygen atoms in total. The predicted molar refractivity (Wildman–Crippen MR) is 65.7 cm³/mol. The average Bonchev–Trinajstić information content (AvgIpc) is 2.59. The average molecular weight is 233 g/mol. The third-order valence-electron chi connectivity index (χ3n) is 4.11. The summed E-state index contributed by atoms with van der Waals surface area (Å²) in [4.78, 5) is 14.3. The van der Waals surface area contributed by atoms with Gasteiger partial charge in [-0.1, -0.05) is 0 Å². The van der Waals surface area contributed by atoms with Crippen molar-refractivity contribution in [2.75, 3.05) is 19.6 Å². The van der Waals surface area contributed by atoms with Gasteiger partial charge in [-0.2, -0.15) is 0 Å². The molecule has 0 aliphatic carbocycles. The van der Waals surface area contributed by atoms with E-state index >= 15 is 0 Å². The Kier molecular flexibility index (Phi) is 2.47. The first-order valence-corrected chi connectivity index (χ1v) is 6.35. The lowest BCUT2D eigenvalue weighted by molar-refractivity contribution is -0.140. The molecule has 3 rings (SSSR count). The number of hydrogen-bond acceptors (Lipinski definition) is 2. The molecule has 4 heteroatoms. The summed E-state index contributed by atoms with van der Waals surface area (Å²) in [6, 6.07) is 4.51. The molecule has 0 aromatic carbocycles. The van der Waals surface area contributed by atoms with E-state index in [-0.39, 0.29) is 12.0 Å². The molecule has 1 amide bonds. The smallest absolute Gasteiger partial charge is 0.228 e. The molecule has 1 fully saturated rings. The van der Waals surface area contributed by atoms with E-state index in [0.717, 1.165) is 26.2 Å². The summed E-state index contributed by atoms with van der Waals surface area (Å²) in [5, 5.41) is 3.17. The Labute approximate surface area is 102 Å². The molecule has 0 bridgehead atoms. The highest BCUT2D eigenvalue weighted by Gasteiger charge is 2.34. The third kappa shape index (κ3) is 1.59. The van der Waals surface area contributed by atoms with Crippen LogP contribution in [0.25, 0.3) is 0 Å². The molecular weight excluding hydrogens is 214 g/mol. The van der Waals surface area contributed by atoms with Gasteiger partial charge >= 0.3 is 0 Å². The van der Waals surface area contributed by atoms with Crippen molar-refractivity contribution in [2.45, 2.75) is 26.4 Å². The van der Waals surface area contributed by atoms with Crippen molar-refractivity contribution in [1.82, 2.24) is 14.8 Å². The van der Waals surface area contributed by atoms with Crippen LogP contribution >= 0.6 is 0 Å². The van der Waals surface area contributed by atoms with Crippen LogP contribution in [0.5, 0.6) is 0 Å². The molecule has 92 valence electrons. The molecule has 1 unspecified atom stereocenters. The van der Waals surface area contributed by atoms with Crippen LogP contribution in [0.4, 0.5) is 0 Å². The van der Waals surface area contributed by atoms with Gasteiger partial charge in [-0.3, -0.25) is 4.79 Å². The SMILES string of the molecule is Cc1ccc2n1CCN(C(=O)C1CNC1)C2C. The van der Waals surface area contributed by atoms with Crippen LogP contribution in [0.3, 0.4) is 0 Å². The van der Waals surface area contributed by atoms with Crippen molar-refractivity contribution in [3.05, 3.63) is 23.5 Å². The number of carbonyl (C=O) groups is 1. The number of carbonyl (C=O) groups excluding carboxylic acids is 1. The topological polar surface area (TPSA) is 37.3 Å². The second-order valence-corrected chi connectivity index (χ2v) is 5.11. The summed E-state index contributed by atoms with van der Waals surface area (Å²) in [5.41, 5.74) is 2.57. The molecule has 2 aliphatic rings. The Morgan fingerprint density at radius 3 is 2.76 bits per heavy atom. The first kappa shape index (κ1) is 10.8. The Balaban J connectivity index is 1.83. The van der Waals surface area contributed by atoms with Gasteiger partial charge in [-0.15, -0.1) is 0 Å². The number of fused-ring (bicyclic) bond motifs is 1. The molecular formula is C13H19N3O. The standard InChI is InChI=1S/C13H19N3O/c1-9-3-4-12-10(2)16(6-5-15(9)12)13(17)11-7-14-8-11/h3-4,10-11,14H,5-8H2,1-2H3. The molecule has 0 spiro atoms. The van der Waals surface area contributed by atoms with Crippen LogP contribution in [0, 0.1) is 12.8 Å². The Bertz CT molecular complexity index is 448. The maximum Gasteiger partial charge on any atom is 0.228 e. The Hall–Kier alpha value is -1.29. The van der Waals surface area contributed by atoms with Crippen molar-refractivity contribution in [3.8, 4) is 0 Å². The molecule has 1 N–H and O–H groups in total. The Morgan fingerprint density at radius 1 is 1.35 bits per heavy atom. The lowest BCUT2D eigenvalue weighted by atomic mass is 9.99. The summed E-state index contributed by atoms with van der Waals surface area (Å²) < 4.78 is 2.33. The molecule has 0 radical (unpaired) electrons. The van der Waals surface area contributed by atoms with Gasteiger partial charge in [0, 0.05) is 37.6 Å². The normalized spacial score (nSPS) is 24.4. The fourth-order valence-corrected chi connectivity index (χ4v) is 2.82. The second-order valence-electron chi connectivity index (χ2n) is 5.11. The van der Waals surface area contributed by atoms with Crippen LogP contribution in [0.2, 0.25) is 0 Å². The van der Waals surface area contributed by atoms with E-state index < -0.39 is 0 Å². The van der Waals surface area contributed by atoms with E-state index in [1.165, 1.54) is 11.4 Å². The fraction of sp³-hybridized carbons (Fsp3) is 0.615. The minimum atomic E-state index is 0.208. The number of rotatable bonds is 1. The fourth-order valence-electron chi connectivity index (χ4n) is 2.82. The van der Waals surface area contributed by atoms with Gasteiger partial charge in [0.15, 0.2) is 0 Å². The van der Waals surface area contributed by atoms with Crippen LogP contribution < -0.4 is 5.32 Å². The monoisotopic (exact) mass is 233 g/mol. The number of nitrogens with zero attached hydrogens (tertiary/aromatic N) is 2. The lowest BCUT2D eigenvalue weighted by Crippen LogP contribution is -2.54. The lowest BCUT2D eigenvalue weighted by Gasteiger charge is -2.39. The number of nitrogens with one attached hydrogen (secondary N) is 1. The highest BCUT2D eigenvalue weighted by atomic mass is 16.2. The molecule has 1 atom stereocenters. The first-order valence-electron chi connectivity index (χ1n) is 6.35. The van der Waals surface area contributed by atoms with Gasteiger partial charge in [0.05, 0.1) is 12.0 Å². The summed E-state index contributed by atoms with van der Waals surface area (Å²) in [6.45, 7) is 7.74. The van der Waals surface area contributed by atoms with E-state index in [0.29, 0.717) is 5.91 Å². The molecule has 17 heavy (non-hydrogen) atoms.